The SMILES string of the molecule is COC(=O)c1ccc(NC(=O)Nc2cc(OC)c3nc(NC(C)=O)sc3c2)cc1. The van der Waals surface area contributed by atoms with Crippen LogP contribution in [0.5, 0.6) is 5.75 Å². The average Bonchev–Trinajstić information content (AvgIpc) is 3.08. The Hall–Kier alpha value is -3.66. The molecular formula is C19H18N4O5S. The average molecular weight is 414 g/mol. The first-order valence-electron chi connectivity index (χ1n) is 8.42. The van der Waals surface area contributed by atoms with Gasteiger partial charge in [-0.3, -0.25) is 4.79 Å². The lowest BCUT2D eigenvalue weighted by Gasteiger charge is -2.10. The summed E-state index contributed by atoms with van der Waals surface area (Å²) in [4.78, 5) is 39.4. The predicted octanol–water partition coefficient (Wildman–Crippen LogP) is 3.69. The van der Waals surface area contributed by atoms with Gasteiger partial charge in [0.2, 0.25) is 5.91 Å². The van der Waals surface area contributed by atoms with Crippen LogP contribution in [0.4, 0.5) is 21.3 Å². The van der Waals surface area contributed by atoms with Crippen LogP contribution in [-0.2, 0) is 9.53 Å². The van der Waals surface area contributed by atoms with Crippen LogP contribution in [0.1, 0.15) is 17.3 Å². The highest BCUT2D eigenvalue weighted by Gasteiger charge is 2.13. The van der Waals surface area contributed by atoms with Gasteiger partial charge in [-0.25, -0.2) is 14.6 Å². The summed E-state index contributed by atoms with van der Waals surface area (Å²) >= 11 is 1.27. The zero-order valence-corrected chi connectivity index (χ0v) is 16.7. The minimum Gasteiger partial charge on any atom is -0.494 e. The van der Waals surface area contributed by atoms with Crippen LogP contribution in [0.2, 0.25) is 0 Å². The Balaban J connectivity index is 1.75. The predicted molar refractivity (Wildman–Crippen MR) is 111 cm³/mol. The largest absolute Gasteiger partial charge is 0.494 e. The molecule has 0 radical (unpaired) electrons. The zero-order valence-electron chi connectivity index (χ0n) is 15.9. The van der Waals surface area contributed by atoms with Crippen molar-refractivity contribution < 1.29 is 23.9 Å². The van der Waals surface area contributed by atoms with Gasteiger partial charge < -0.3 is 25.4 Å². The molecule has 0 aliphatic heterocycles. The summed E-state index contributed by atoms with van der Waals surface area (Å²) in [6, 6.07) is 9.20. The summed E-state index contributed by atoms with van der Waals surface area (Å²) in [5.74, 6) is -0.211. The van der Waals surface area contributed by atoms with E-state index >= 15 is 0 Å². The van der Waals surface area contributed by atoms with Crippen LogP contribution in [0.3, 0.4) is 0 Å². The molecule has 3 rings (SSSR count). The molecular weight excluding hydrogens is 396 g/mol. The van der Waals surface area contributed by atoms with Gasteiger partial charge in [0.05, 0.1) is 24.5 Å². The summed E-state index contributed by atoms with van der Waals surface area (Å²) in [6.45, 7) is 1.40. The normalized spacial score (nSPS) is 10.3. The maximum Gasteiger partial charge on any atom is 0.337 e. The Bertz CT molecular complexity index is 1080. The number of methoxy groups -OCH3 is 2. The molecule has 0 spiro atoms. The van der Waals surface area contributed by atoms with E-state index in [1.165, 1.54) is 32.5 Å². The third-order valence-corrected chi connectivity index (χ3v) is 4.70. The fourth-order valence-corrected chi connectivity index (χ4v) is 3.50. The van der Waals surface area contributed by atoms with Gasteiger partial charge >= 0.3 is 12.0 Å². The molecule has 2 aromatic carbocycles. The minimum absolute atomic E-state index is 0.223. The molecule has 0 bridgehead atoms. The van der Waals surface area contributed by atoms with Gasteiger partial charge in [-0.1, -0.05) is 11.3 Å². The molecule has 3 aromatic rings. The minimum atomic E-state index is -0.469. The maximum absolute atomic E-state index is 12.3. The second-order valence-electron chi connectivity index (χ2n) is 5.87. The molecule has 3 N–H and O–H groups in total. The third-order valence-electron chi connectivity index (χ3n) is 3.78. The van der Waals surface area contributed by atoms with Gasteiger partial charge in [-0.15, -0.1) is 0 Å². The van der Waals surface area contributed by atoms with E-state index in [-0.39, 0.29) is 5.91 Å². The molecule has 0 unspecified atom stereocenters. The van der Waals surface area contributed by atoms with Crippen molar-refractivity contribution >= 4 is 56.0 Å². The molecule has 0 fully saturated rings. The monoisotopic (exact) mass is 414 g/mol. The molecule has 0 saturated heterocycles. The number of nitrogens with one attached hydrogen (secondary N) is 3. The number of anilines is 3. The van der Waals surface area contributed by atoms with Crippen molar-refractivity contribution in [3.05, 3.63) is 42.0 Å². The zero-order chi connectivity index (χ0) is 21.0. The number of carbonyl (C=O) groups is 3. The molecule has 1 heterocycles. The van der Waals surface area contributed by atoms with E-state index < -0.39 is 12.0 Å². The topological polar surface area (TPSA) is 119 Å². The molecule has 29 heavy (non-hydrogen) atoms. The van der Waals surface area contributed by atoms with Crippen LogP contribution in [0, 0.1) is 0 Å². The van der Waals surface area contributed by atoms with Gasteiger partial charge in [0.25, 0.3) is 0 Å². The number of ether oxygens (including phenoxy) is 2. The van der Waals surface area contributed by atoms with Gasteiger partial charge in [0, 0.05) is 24.4 Å². The first kappa shape index (κ1) is 20.1. The number of esters is 1. The molecule has 150 valence electrons. The number of urea groups is 1. The smallest absolute Gasteiger partial charge is 0.337 e. The Morgan fingerprint density at radius 2 is 1.66 bits per heavy atom. The standard InChI is InChI=1S/C19H18N4O5S/c1-10(24)20-19-23-16-14(27-2)8-13(9-15(16)29-19)22-18(26)21-12-6-4-11(5-7-12)17(25)28-3/h4-9H,1-3H3,(H,20,23,24)(H2,21,22,26). The Labute approximate surface area is 170 Å². The lowest BCUT2D eigenvalue weighted by atomic mass is 10.2. The van der Waals surface area contributed by atoms with Gasteiger partial charge in [-0.05, 0) is 30.3 Å². The Morgan fingerprint density at radius 3 is 2.28 bits per heavy atom. The number of amides is 3. The molecule has 3 amide bonds. The molecule has 10 heteroatoms. The summed E-state index contributed by atoms with van der Waals surface area (Å²) in [5, 5.41) is 8.48. The number of hydrogen-bond donors (Lipinski definition) is 3. The Kier molecular flexibility index (Phi) is 5.93. The number of rotatable bonds is 5. The van der Waals surface area contributed by atoms with E-state index in [4.69, 9.17) is 4.74 Å². The fourth-order valence-electron chi connectivity index (χ4n) is 2.53. The second kappa shape index (κ2) is 8.57. The van der Waals surface area contributed by atoms with Crippen LogP contribution >= 0.6 is 11.3 Å². The number of aromatic nitrogens is 1. The van der Waals surface area contributed by atoms with Crippen LogP contribution in [0.25, 0.3) is 10.2 Å². The van der Waals surface area contributed by atoms with Crippen LogP contribution < -0.4 is 20.7 Å². The lowest BCUT2D eigenvalue weighted by Crippen LogP contribution is -2.19. The number of nitrogens with zero attached hydrogens (tertiary/aromatic N) is 1. The van der Waals surface area contributed by atoms with Gasteiger partial charge in [-0.2, -0.15) is 0 Å². The molecule has 9 nitrogen and oxygen atoms in total. The second-order valence-corrected chi connectivity index (χ2v) is 6.90. The number of thiazole rings is 1. The van der Waals surface area contributed by atoms with Crippen molar-refractivity contribution in [1.29, 1.82) is 0 Å². The summed E-state index contributed by atoms with van der Waals surface area (Å²) in [7, 11) is 2.80. The third kappa shape index (κ3) is 4.79. The van der Waals surface area contributed by atoms with E-state index in [9.17, 15) is 14.4 Å². The summed E-state index contributed by atoms with van der Waals surface area (Å²) < 4.78 is 10.7. The van der Waals surface area contributed by atoms with Gasteiger partial charge in [0.1, 0.15) is 11.3 Å². The van der Waals surface area contributed by atoms with Crippen molar-refractivity contribution in [2.24, 2.45) is 0 Å². The van der Waals surface area contributed by atoms with Gasteiger partial charge in [0.15, 0.2) is 5.13 Å². The van der Waals surface area contributed by atoms with E-state index in [0.717, 1.165) is 4.70 Å². The molecule has 0 aliphatic carbocycles. The number of fused-ring (bicyclic) bond motifs is 1. The first-order chi connectivity index (χ1) is 13.9. The Morgan fingerprint density at radius 1 is 0.966 bits per heavy atom. The number of benzene rings is 2. The van der Waals surface area contributed by atoms with E-state index in [2.05, 4.69) is 25.7 Å². The molecule has 0 saturated carbocycles. The quantitative estimate of drug-likeness (QED) is 0.548. The van der Waals surface area contributed by atoms with Crippen molar-refractivity contribution in [2.75, 3.05) is 30.2 Å². The molecule has 0 atom stereocenters. The van der Waals surface area contributed by atoms with Crippen molar-refractivity contribution in [3.63, 3.8) is 0 Å². The highest BCUT2D eigenvalue weighted by molar-refractivity contribution is 7.22. The highest BCUT2D eigenvalue weighted by Crippen LogP contribution is 2.35. The maximum atomic E-state index is 12.3. The molecule has 1 aromatic heterocycles. The van der Waals surface area contributed by atoms with E-state index in [1.807, 2.05) is 0 Å². The summed E-state index contributed by atoms with van der Waals surface area (Å²) in [6.07, 6.45) is 0. The lowest BCUT2D eigenvalue weighted by molar-refractivity contribution is -0.114. The van der Waals surface area contributed by atoms with E-state index in [0.29, 0.717) is 33.3 Å². The van der Waals surface area contributed by atoms with Crippen molar-refractivity contribution in [1.82, 2.24) is 4.98 Å². The highest BCUT2D eigenvalue weighted by atomic mass is 32.1. The van der Waals surface area contributed by atoms with Crippen LogP contribution in [0.15, 0.2) is 36.4 Å². The molecule has 0 aliphatic rings. The number of carbonyl (C=O) groups excluding carboxylic acids is 3. The summed E-state index contributed by atoms with van der Waals surface area (Å²) in [5.41, 5.74) is 1.98. The fraction of sp³-hybridized carbons (Fsp3) is 0.158. The van der Waals surface area contributed by atoms with Crippen molar-refractivity contribution in [3.8, 4) is 5.75 Å². The first-order valence-corrected chi connectivity index (χ1v) is 9.24. The van der Waals surface area contributed by atoms with Crippen molar-refractivity contribution in [2.45, 2.75) is 6.92 Å². The number of hydrogen-bond acceptors (Lipinski definition) is 7. The van der Waals surface area contributed by atoms with E-state index in [1.54, 1.807) is 36.4 Å². The van der Waals surface area contributed by atoms with Crippen LogP contribution in [-0.4, -0.2) is 37.1 Å².